The topological polar surface area (TPSA) is 74.8 Å². The molecule has 0 unspecified atom stereocenters. The zero-order chi connectivity index (χ0) is 18.1. The lowest BCUT2D eigenvalue weighted by molar-refractivity contribution is -0.123. The minimum atomic E-state index is 0. The van der Waals surface area contributed by atoms with E-state index in [1.165, 1.54) is 12.8 Å². The van der Waals surface area contributed by atoms with Gasteiger partial charge >= 0.3 is 0 Å². The Morgan fingerprint density at radius 3 is 2.54 bits per heavy atom. The van der Waals surface area contributed by atoms with Crippen molar-refractivity contribution in [1.29, 1.82) is 0 Å². The lowest BCUT2D eigenvalue weighted by Gasteiger charge is -2.15. The highest BCUT2D eigenvalue weighted by atomic mass is 127. The zero-order valence-electron chi connectivity index (χ0n) is 15.9. The van der Waals surface area contributed by atoms with Crippen LogP contribution in [0.4, 0.5) is 0 Å². The van der Waals surface area contributed by atoms with Crippen molar-refractivity contribution in [2.45, 2.75) is 33.2 Å². The minimum absolute atomic E-state index is 0. The van der Waals surface area contributed by atoms with Crippen molar-refractivity contribution in [2.24, 2.45) is 16.8 Å². The van der Waals surface area contributed by atoms with E-state index in [0.717, 1.165) is 23.8 Å². The number of nitrogens with one attached hydrogen (secondary N) is 3. The van der Waals surface area contributed by atoms with Crippen LogP contribution in [-0.2, 0) is 11.3 Å². The molecular weight excluding hydrogens is 443 g/mol. The highest BCUT2D eigenvalue weighted by molar-refractivity contribution is 14.0. The van der Waals surface area contributed by atoms with Crippen LogP contribution in [0.5, 0.6) is 5.75 Å². The molecule has 0 radical (unpaired) electrons. The van der Waals surface area contributed by atoms with Crippen LogP contribution < -0.4 is 20.7 Å². The maximum Gasteiger partial charge on any atom is 0.222 e. The monoisotopic (exact) mass is 474 g/mol. The van der Waals surface area contributed by atoms with Crippen molar-refractivity contribution < 1.29 is 9.53 Å². The molecule has 0 saturated heterocycles. The largest absolute Gasteiger partial charge is 0.493 e. The van der Waals surface area contributed by atoms with Crippen LogP contribution in [0.3, 0.4) is 0 Å². The van der Waals surface area contributed by atoms with Crippen LogP contribution in [-0.4, -0.2) is 38.6 Å². The van der Waals surface area contributed by atoms with Crippen LogP contribution in [0.25, 0.3) is 0 Å². The van der Waals surface area contributed by atoms with Gasteiger partial charge in [-0.1, -0.05) is 32.0 Å². The Balaban J connectivity index is 0.00000338. The number of guanidine groups is 1. The van der Waals surface area contributed by atoms with Gasteiger partial charge in [0, 0.05) is 38.2 Å². The van der Waals surface area contributed by atoms with E-state index >= 15 is 0 Å². The molecule has 1 fully saturated rings. The number of ether oxygens (including phenoxy) is 1. The van der Waals surface area contributed by atoms with Crippen molar-refractivity contribution in [2.75, 3.05) is 26.7 Å². The smallest absolute Gasteiger partial charge is 0.222 e. The molecule has 3 N–H and O–H groups in total. The second kappa shape index (κ2) is 12.0. The van der Waals surface area contributed by atoms with E-state index in [1.54, 1.807) is 7.05 Å². The van der Waals surface area contributed by atoms with Gasteiger partial charge in [-0.15, -0.1) is 24.0 Å². The lowest BCUT2D eigenvalue weighted by Crippen LogP contribution is -2.41. The van der Waals surface area contributed by atoms with E-state index in [4.69, 9.17) is 4.74 Å². The summed E-state index contributed by atoms with van der Waals surface area (Å²) < 4.78 is 5.93. The van der Waals surface area contributed by atoms with E-state index in [2.05, 4.69) is 27.0 Å². The summed E-state index contributed by atoms with van der Waals surface area (Å²) in [5, 5.41) is 9.36. The number of benzene rings is 1. The van der Waals surface area contributed by atoms with Crippen LogP contribution >= 0.6 is 24.0 Å². The Morgan fingerprint density at radius 2 is 1.88 bits per heavy atom. The number of halogens is 1. The quantitative estimate of drug-likeness (QED) is 0.223. The molecule has 2 rings (SSSR count). The molecule has 1 saturated carbocycles. The van der Waals surface area contributed by atoms with Gasteiger partial charge in [0.05, 0.1) is 6.61 Å². The Bertz CT molecular complexity index is 589. The third kappa shape index (κ3) is 8.25. The lowest BCUT2D eigenvalue weighted by atomic mass is 10.2. The van der Waals surface area contributed by atoms with E-state index < -0.39 is 0 Å². The maximum atomic E-state index is 11.5. The number of hydrogen-bond acceptors (Lipinski definition) is 3. The summed E-state index contributed by atoms with van der Waals surface area (Å²) in [7, 11) is 1.73. The number of nitrogens with zero attached hydrogens (tertiary/aromatic N) is 1. The average Bonchev–Trinajstić information content (AvgIpc) is 3.44. The molecule has 0 aliphatic heterocycles. The summed E-state index contributed by atoms with van der Waals surface area (Å²) in [5.74, 6) is 2.44. The number of para-hydroxylation sites is 1. The van der Waals surface area contributed by atoms with Crippen LogP contribution in [0.2, 0.25) is 0 Å². The molecule has 6 nitrogen and oxygen atoms in total. The van der Waals surface area contributed by atoms with Gasteiger partial charge < -0.3 is 20.7 Å². The Kier molecular flexibility index (Phi) is 10.4. The van der Waals surface area contributed by atoms with Crippen LogP contribution in [0.15, 0.2) is 29.3 Å². The second-order valence-corrected chi connectivity index (χ2v) is 6.66. The highest BCUT2D eigenvalue weighted by Gasteiger charge is 2.22. The summed E-state index contributed by atoms with van der Waals surface area (Å²) in [6.45, 7) is 6.40. The minimum Gasteiger partial charge on any atom is -0.493 e. The molecule has 1 aromatic carbocycles. The first-order valence-electron chi connectivity index (χ1n) is 9.03. The van der Waals surface area contributed by atoms with Crippen molar-refractivity contribution >= 4 is 35.8 Å². The van der Waals surface area contributed by atoms with E-state index in [1.807, 2.05) is 32.0 Å². The average molecular weight is 474 g/mol. The molecule has 0 bridgehead atoms. The van der Waals surface area contributed by atoms with E-state index in [9.17, 15) is 4.79 Å². The number of aliphatic imine (C=N–C) groups is 1. The van der Waals surface area contributed by atoms with Gasteiger partial charge in [-0.2, -0.15) is 0 Å². The van der Waals surface area contributed by atoms with E-state index in [0.29, 0.717) is 25.6 Å². The SMILES string of the molecule is CN=C(NCCNC(=O)C(C)C)NCc1ccccc1OCC1CC1.I. The summed E-state index contributed by atoms with van der Waals surface area (Å²) in [4.78, 5) is 15.7. The summed E-state index contributed by atoms with van der Waals surface area (Å²) in [5.41, 5.74) is 1.11. The highest BCUT2D eigenvalue weighted by Crippen LogP contribution is 2.30. The van der Waals surface area contributed by atoms with Gasteiger partial charge in [-0.3, -0.25) is 9.79 Å². The second-order valence-electron chi connectivity index (χ2n) is 6.66. The first kappa shape index (κ1) is 22.5. The number of hydrogen-bond donors (Lipinski definition) is 3. The molecule has 1 aromatic rings. The molecule has 1 amide bonds. The fourth-order valence-electron chi connectivity index (χ4n) is 2.25. The molecular formula is C19H31IN4O2. The number of amides is 1. The molecule has 0 atom stereocenters. The predicted molar refractivity (Wildman–Crippen MR) is 116 cm³/mol. The van der Waals surface area contributed by atoms with Crippen LogP contribution in [0, 0.1) is 11.8 Å². The van der Waals surface area contributed by atoms with Gasteiger partial charge in [-0.05, 0) is 24.8 Å². The molecule has 1 aliphatic rings. The molecule has 7 heteroatoms. The fourth-order valence-corrected chi connectivity index (χ4v) is 2.25. The maximum absolute atomic E-state index is 11.5. The van der Waals surface area contributed by atoms with Crippen LogP contribution in [0.1, 0.15) is 32.3 Å². The number of carbonyl (C=O) groups excluding carboxylic acids is 1. The van der Waals surface area contributed by atoms with Crippen molar-refractivity contribution in [3.05, 3.63) is 29.8 Å². The number of rotatable bonds is 9. The standard InChI is InChI=1S/C19H30N4O2.HI/c1-14(2)18(24)21-10-11-22-19(20-3)23-12-16-6-4-5-7-17(16)25-13-15-8-9-15;/h4-7,14-15H,8-13H2,1-3H3,(H,21,24)(H2,20,22,23);1H. The molecule has 0 heterocycles. The molecule has 0 aromatic heterocycles. The Labute approximate surface area is 173 Å². The van der Waals surface area contributed by atoms with Gasteiger partial charge in [-0.25, -0.2) is 0 Å². The third-order valence-corrected chi connectivity index (χ3v) is 4.06. The zero-order valence-corrected chi connectivity index (χ0v) is 18.2. The summed E-state index contributed by atoms with van der Waals surface area (Å²) >= 11 is 0. The summed E-state index contributed by atoms with van der Waals surface area (Å²) in [6, 6.07) is 8.08. The first-order chi connectivity index (χ1) is 12.1. The van der Waals surface area contributed by atoms with E-state index in [-0.39, 0.29) is 35.8 Å². The molecule has 1 aliphatic carbocycles. The predicted octanol–water partition coefficient (Wildman–Crippen LogP) is 2.53. The number of carbonyl (C=O) groups is 1. The fraction of sp³-hybridized carbons (Fsp3) is 0.579. The van der Waals surface area contributed by atoms with Gasteiger partial charge in [0.2, 0.25) is 5.91 Å². The molecule has 26 heavy (non-hydrogen) atoms. The molecule has 0 spiro atoms. The van der Waals surface area contributed by atoms with Gasteiger partial charge in [0.15, 0.2) is 5.96 Å². The Morgan fingerprint density at radius 1 is 1.19 bits per heavy atom. The Hall–Kier alpha value is -1.51. The van der Waals surface area contributed by atoms with Crippen molar-refractivity contribution in [3.8, 4) is 5.75 Å². The summed E-state index contributed by atoms with van der Waals surface area (Å²) in [6.07, 6.45) is 2.56. The normalized spacial score (nSPS) is 13.8. The van der Waals surface area contributed by atoms with Crippen molar-refractivity contribution in [3.63, 3.8) is 0 Å². The third-order valence-electron chi connectivity index (χ3n) is 4.06. The first-order valence-corrected chi connectivity index (χ1v) is 9.03. The van der Waals surface area contributed by atoms with Crippen molar-refractivity contribution in [1.82, 2.24) is 16.0 Å². The van der Waals surface area contributed by atoms with Gasteiger partial charge in [0.25, 0.3) is 0 Å². The van der Waals surface area contributed by atoms with Gasteiger partial charge in [0.1, 0.15) is 5.75 Å². The molecule has 146 valence electrons.